The van der Waals surface area contributed by atoms with E-state index in [0.717, 1.165) is 0 Å². The molecule has 88 valence electrons. The van der Waals surface area contributed by atoms with Crippen LogP contribution in [0, 0.1) is 0 Å². The number of esters is 2. The van der Waals surface area contributed by atoms with Crippen molar-refractivity contribution >= 4 is 17.8 Å². The molecule has 0 aliphatic carbocycles. The van der Waals surface area contributed by atoms with E-state index in [1.807, 2.05) is 0 Å². The Morgan fingerprint density at radius 1 is 1.17 bits per heavy atom. The van der Waals surface area contributed by atoms with Crippen molar-refractivity contribution in [2.24, 2.45) is 0 Å². The van der Waals surface area contributed by atoms with Crippen LogP contribution in [0.3, 0.4) is 0 Å². The summed E-state index contributed by atoms with van der Waals surface area (Å²) in [5.74, 6) is -1.74. The average molecular weight is 242 g/mol. The van der Waals surface area contributed by atoms with Gasteiger partial charge in [-0.1, -0.05) is 0 Å². The maximum absolute atomic E-state index is 12.0. The molecule has 0 bridgehead atoms. The van der Waals surface area contributed by atoms with Gasteiger partial charge >= 0.3 is 11.9 Å². The summed E-state index contributed by atoms with van der Waals surface area (Å²) in [6.07, 6.45) is 4.33. The van der Waals surface area contributed by atoms with Gasteiger partial charge in [0.1, 0.15) is 6.33 Å². The monoisotopic (exact) mass is 242 g/mol. The summed E-state index contributed by atoms with van der Waals surface area (Å²) < 4.78 is 5.73. The molecule has 0 spiro atoms. The third kappa shape index (κ3) is 1.43. The Morgan fingerprint density at radius 2 is 1.94 bits per heavy atom. The summed E-state index contributed by atoms with van der Waals surface area (Å²) in [5, 5.41) is 0. The highest BCUT2D eigenvalue weighted by Crippen LogP contribution is 2.21. The molecule has 18 heavy (non-hydrogen) atoms. The molecule has 1 aliphatic rings. The molecule has 1 aliphatic heterocycles. The number of ether oxygens (including phenoxy) is 1. The second-order valence-electron chi connectivity index (χ2n) is 3.71. The van der Waals surface area contributed by atoms with Gasteiger partial charge in [0.05, 0.1) is 11.1 Å². The Balaban J connectivity index is 2.06. The lowest BCUT2D eigenvalue weighted by Crippen LogP contribution is -2.10. The van der Waals surface area contributed by atoms with Gasteiger partial charge in [0, 0.05) is 18.0 Å². The number of hydrogen-bond acceptors (Lipinski definition) is 5. The zero-order valence-corrected chi connectivity index (χ0v) is 8.99. The Hall–Kier alpha value is -2.76. The number of imidazole rings is 1. The molecule has 0 radical (unpaired) electrons. The highest BCUT2D eigenvalue weighted by Gasteiger charge is 2.30. The normalized spacial score (nSPS) is 13.3. The van der Waals surface area contributed by atoms with E-state index in [-0.39, 0.29) is 17.0 Å². The Morgan fingerprint density at radius 3 is 2.67 bits per heavy atom. The van der Waals surface area contributed by atoms with E-state index in [9.17, 15) is 14.4 Å². The molecule has 0 N–H and O–H groups in total. The molecule has 6 heteroatoms. The first-order valence-electron chi connectivity index (χ1n) is 5.10. The molecule has 3 rings (SSSR count). The van der Waals surface area contributed by atoms with Crippen LogP contribution < -0.4 is 0 Å². The second-order valence-corrected chi connectivity index (χ2v) is 3.71. The van der Waals surface area contributed by atoms with Gasteiger partial charge < -0.3 is 4.74 Å². The molecule has 6 nitrogen and oxygen atoms in total. The van der Waals surface area contributed by atoms with Gasteiger partial charge in [-0.2, -0.15) is 0 Å². The first-order valence-corrected chi connectivity index (χ1v) is 5.10. The fourth-order valence-corrected chi connectivity index (χ4v) is 1.75. The summed E-state index contributed by atoms with van der Waals surface area (Å²) in [7, 11) is 0. The first kappa shape index (κ1) is 10.4. The minimum atomic E-state index is -0.727. The van der Waals surface area contributed by atoms with Crippen LogP contribution in [0.25, 0.3) is 0 Å². The highest BCUT2D eigenvalue weighted by molar-refractivity contribution is 6.15. The van der Waals surface area contributed by atoms with E-state index in [4.69, 9.17) is 0 Å². The van der Waals surface area contributed by atoms with Gasteiger partial charge in [0.2, 0.25) is 0 Å². The zero-order chi connectivity index (χ0) is 12.7. The first-order chi connectivity index (χ1) is 8.66. The Labute approximate surface area is 101 Å². The van der Waals surface area contributed by atoms with Crippen molar-refractivity contribution < 1.29 is 19.1 Å². The molecule has 0 unspecified atom stereocenters. The van der Waals surface area contributed by atoms with Crippen LogP contribution >= 0.6 is 0 Å². The molecule has 2 aromatic rings. The number of rotatable bonds is 1. The van der Waals surface area contributed by atoms with Gasteiger partial charge in [0.25, 0.3) is 5.91 Å². The molecule has 1 aromatic heterocycles. The predicted octanol–water partition coefficient (Wildman–Crippen LogP) is 0.882. The van der Waals surface area contributed by atoms with Crippen molar-refractivity contribution in [1.82, 2.24) is 9.55 Å². The summed E-state index contributed by atoms with van der Waals surface area (Å²) in [6.45, 7) is 0. The zero-order valence-electron chi connectivity index (χ0n) is 8.99. The summed E-state index contributed by atoms with van der Waals surface area (Å²) >= 11 is 0. The SMILES string of the molecule is O=C1OC(=O)c2cc(C(=O)n3ccnc3)ccc21. The molecule has 0 fully saturated rings. The average Bonchev–Trinajstić information content (AvgIpc) is 2.98. The fourth-order valence-electron chi connectivity index (χ4n) is 1.75. The van der Waals surface area contributed by atoms with Gasteiger partial charge in [-0.05, 0) is 18.2 Å². The van der Waals surface area contributed by atoms with Crippen molar-refractivity contribution in [2.45, 2.75) is 0 Å². The van der Waals surface area contributed by atoms with Gasteiger partial charge in [-0.3, -0.25) is 9.36 Å². The molecule has 0 atom stereocenters. The van der Waals surface area contributed by atoms with Crippen LogP contribution in [0.5, 0.6) is 0 Å². The van der Waals surface area contributed by atoms with Crippen molar-refractivity contribution in [3.05, 3.63) is 53.6 Å². The van der Waals surface area contributed by atoms with E-state index in [2.05, 4.69) is 9.72 Å². The maximum Gasteiger partial charge on any atom is 0.346 e. The van der Waals surface area contributed by atoms with Crippen LogP contribution in [0.4, 0.5) is 0 Å². The van der Waals surface area contributed by atoms with Gasteiger partial charge in [-0.25, -0.2) is 14.6 Å². The molecule has 0 saturated heterocycles. The minimum absolute atomic E-state index is 0.117. The third-order valence-electron chi connectivity index (χ3n) is 2.63. The van der Waals surface area contributed by atoms with E-state index < -0.39 is 11.9 Å². The van der Waals surface area contributed by atoms with E-state index in [1.54, 1.807) is 0 Å². The molecule has 0 amide bonds. The van der Waals surface area contributed by atoms with Crippen LogP contribution in [-0.4, -0.2) is 27.4 Å². The van der Waals surface area contributed by atoms with Crippen LogP contribution in [0.15, 0.2) is 36.9 Å². The Kier molecular flexibility index (Phi) is 2.09. The summed E-state index contributed by atoms with van der Waals surface area (Å²) in [5.41, 5.74) is 0.589. The highest BCUT2D eigenvalue weighted by atomic mass is 16.6. The molecule has 0 saturated carbocycles. The number of carbonyl (C=O) groups excluding carboxylic acids is 3. The van der Waals surface area contributed by atoms with Gasteiger partial charge in [-0.15, -0.1) is 0 Å². The summed E-state index contributed by atoms with van der Waals surface area (Å²) in [6, 6.07) is 4.23. The molecular weight excluding hydrogens is 236 g/mol. The number of hydrogen-bond donors (Lipinski definition) is 0. The van der Waals surface area contributed by atoms with E-state index >= 15 is 0 Å². The third-order valence-corrected chi connectivity index (χ3v) is 2.63. The number of fused-ring (bicyclic) bond motifs is 1. The van der Waals surface area contributed by atoms with E-state index in [0.29, 0.717) is 5.56 Å². The number of carbonyl (C=O) groups is 3. The van der Waals surface area contributed by atoms with Crippen LogP contribution in [-0.2, 0) is 4.74 Å². The number of aromatic nitrogens is 2. The van der Waals surface area contributed by atoms with Crippen molar-refractivity contribution in [2.75, 3.05) is 0 Å². The van der Waals surface area contributed by atoms with Crippen LogP contribution in [0.2, 0.25) is 0 Å². The van der Waals surface area contributed by atoms with Gasteiger partial charge in [0.15, 0.2) is 0 Å². The molecule has 1 aromatic carbocycles. The number of nitrogens with zero attached hydrogens (tertiary/aromatic N) is 2. The van der Waals surface area contributed by atoms with Crippen molar-refractivity contribution in [1.29, 1.82) is 0 Å². The minimum Gasteiger partial charge on any atom is -0.386 e. The second kappa shape index (κ2) is 3.63. The van der Waals surface area contributed by atoms with E-state index in [1.165, 1.54) is 41.5 Å². The van der Waals surface area contributed by atoms with Crippen molar-refractivity contribution in [3.8, 4) is 0 Å². The number of cyclic esters (lactones) is 2. The molecule has 2 heterocycles. The summed E-state index contributed by atoms with van der Waals surface area (Å²) in [4.78, 5) is 38.4. The molecular formula is C12H6N2O4. The largest absolute Gasteiger partial charge is 0.386 e. The fraction of sp³-hybridized carbons (Fsp3) is 0. The standard InChI is InChI=1S/C12H6N2O4/c15-10(14-4-3-13-6-14)7-1-2-8-9(5-7)12(17)18-11(8)16/h1-6H. The maximum atomic E-state index is 12.0. The van der Waals surface area contributed by atoms with Crippen molar-refractivity contribution in [3.63, 3.8) is 0 Å². The Bertz CT molecular complexity index is 673. The quantitative estimate of drug-likeness (QED) is 0.548. The van der Waals surface area contributed by atoms with Crippen LogP contribution in [0.1, 0.15) is 31.1 Å². The lowest BCUT2D eigenvalue weighted by atomic mass is 10.1. The predicted molar refractivity (Wildman–Crippen MR) is 58.1 cm³/mol. The number of benzene rings is 1. The lowest BCUT2D eigenvalue weighted by Gasteiger charge is -2.01. The smallest absolute Gasteiger partial charge is 0.346 e. The topological polar surface area (TPSA) is 78.3 Å². The lowest BCUT2D eigenvalue weighted by molar-refractivity contribution is 0.0443.